The van der Waals surface area contributed by atoms with E-state index in [1.165, 1.54) is 17.0 Å². The second kappa shape index (κ2) is 8.52. The highest BCUT2D eigenvalue weighted by atomic mass is 19.1. The first-order valence-corrected chi connectivity index (χ1v) is 8.25. The fourth-order valence-corrected chi connectivity index (χ4v) is 2.53. The smallest absolute Gasteiger partial charge is 0.318 e. The van der Waals surface area contributed by atoms with E-state index in [2.05, 4.69) is 10.6 Å². The molecule has 7 heteroatoms. The van der Waals surface area contributed by atoms with Gasteiger partial charge in [0.15, 0.2) is 0 Å². The van der Waals surface area contributed by atoms with Crippen molar-refractivity contribution in [1.82, 2.24) is 15.5 Å². The number of carbonyl (C=O) groups is 2. The number of amides is 3. The van der Waals surface area contributed by atoms with E-state index in [0.717, 1.165) is 6.42 Å². The molecule has 0 saturated carbocycles. The maximum atomic E-state index is 13.2. The first-order valence-electron chi connectivity index (χ1n) is 8.25. The number of nitrogens with one attached hydrogen (secondary N) is 2. The van der Waals surface area contributed by atoms with Gasteiger partial charge < -0.3 is 20.3 Å². The van der Waals surface area contributed by atoms with Gasteiger partial charge in [-0.2, -0.15) is 0 Å². The molecule has 0 spiro atoms. The van der Waals surface area contributed by atoms with E-state index in [4.69, 9.17) is 4.74 Å². The number of carbonyl (C=O) groups excluding carboxylic acids is 2. The lowest BCUT2D eigenvalue weighted by Crippen LogP contribution is -2.50. The summed E-state index contributed by atoms with van der Waals surface area (Å²) >= 11 is 0. The summed E-state index contributed by atoms with van der Waals surface area (Å²) in [4.78, 5) is 25.7. The maximum absolute atomic E-state index is 13.2. The topological polar surface area (TPSA) is 70.7 Å². The quantitative estimate of drug-likeness (QED) is 0.862. The zero-order valence-corrected chi connectivity index (χ0v) is 14.0. The van der Waals surface area contributed by atoms with Crippen LogP contribution in [-0.4, -0.2) is 48.6 Å². The van der Waals surface area contributed by atoms with Crippen LogP contribution >= 0.6 is 0 Å². The van der Waals surface area contributed by atoms with Crippen LogP contribution in [0.25, 0.3) is 0 Å². The summed E-state index contributed by atoms with van der Waals surface area (Å²) in [6.45, 7) is 5.02. The van der Waals surface area contributed by atoms with Crippen LogP contribution < -0.4 is 15.4 Å². The third-order valence-electron chi connectivity index (χ3n) is 4.02. The SMILES string of the molecule is CCC(CNC(=O)N1CCCNC(=O)C1C)Oc1cccc(F)c1. The van der Waals surface area contributed by atoms with Crippen LogP contribution in [0, 0.1) is 5.82 Å². The Morgan fingerprint density at radius 2 is 2.33 bits per heavy atom. The van der Waals surface area contributed by atoms with Crippen molar-refractivity contribution >= 4 is 11.9 Å². The standard InChI is InChI=1S/C17H24FN3O3/c1-3-14(24-15-7-4-6-13(18)10-15)11-20-17(23)21-9-5-8-19-16(22)12(21)2/h4,6-7,10,12,14H,3,5,8-9,11H2,1-2H3,(H,19,22)(H,20,23). The summed E-state index contributed by atoms with van der Waals surface area (Å²) < 4.78 is 18.9. The molecule has 3 amide bonds. The van der Waals surface area contributed by atoms with E-state index in [1.54, 1.807) is 19.1 Å². The van der Waals surface area contributed by atoms with Crippen molar-refractivity contribution in [2.24, 2.45) is 0 Å². The molecule has 0 aliphatic carbocycles. The molecule has 0 aromatic heterocycles. The van der Waals surface area contributed by atoms with Gasteiger partial charge in [0.05, 0.1) is 6.54 Å². The molecule has 6 nitrogen and oxygen atoms in total. The summed E-state index contributed by atoms with van der Waals surface area (Å²) in [6, 6.07) is 5.12. The highest BCUT2D eigenvalue weighted by molar-refractivity contribution is 5.87. The highest BCUT2D eigenvalue weighted by Gasteiger charge is 2.27. The van der Waals surface area contributed by atoms with E-state index >= 15 is 0 Å². The normalized spacial score (nSPS) is 19.2. The van der Waals surface area contributed by atoms with Crippen LogP contribution in [0.2, 0.25) is 0 Å². The summed E-state index contributed by atoms with van der Waals surface area (Å²) in [7, 11) is 0. The van der Waals surface area contributed by atoms with Crippen molar-refractivity contribution in [3.8, 4) is 5.75 Å². The first kappa shape index (κ1) is 18.0. The molecule has 1 heterocycles. The van der Waals surface area contributed by atoms with Crippen molar-refractivity contribution < 1.29 is 18.7 Å². The van der Waals surface area contributed by atoms with Crippen LogP contribution in [0.5, 0.6) is 5.75 Å². The number of hydrogen-bond acceptors (Lipinski definition) is 3. The third kappa shape index (κ3) is 4.84. The number of ether oxygens (including phenoxy) is 1. The van der Waals surface area contributed by atoms with Gasteiger partial charge in [0.25, 0.3) is 0 Å². The van der Waals surface area contributed by atoms with Crippen molar-refractivity contribution in [2.45, 2.75) is 38.8 Å². The number of hydrogen-bond donors (Lipinski definition) is 2. The lowest BCUT2D eigenvalue weighted by molar-refractivity contribution is -0.124. The minimum atomic E-state index is -0.503. The van der Waals surface area contributed by atoms with Gasteiger partial charge >= 0.3 is 6.03 Å². The van der Waals surface area contributed by atoms with Crippen molar-refractivity contribution in [3.63, 3.8) is 0 Å². The molecular weight excluding hydrogens is 313 g/mol. The number of benzene rings is 1. The molecule has 0 bridgehead atoms. The van der Waals surface area contributed by atoms with Gasteiger partial charge in [-0.1, -0.05) is 13.0 Å². The molecule has 24 heavy (non-hydrogen) atoms. The molecular formula is C17H24FN3O3. The number of urea groups is 1. The fourth-order valence-electron chi connectivity index (χ4n) is 2.53. The Hall–Kier alpha value is -2.31. The second-order valence-electron chi connectivity index (χ2n) is 5.81. The van der Waals surface area contributed by atoms with Crippen LogP contribution in [-0.2, 0) is 4.79 Å². The number of nitrogens with zero attached hydrogens (tertiary/aromatic N) is 1. The number of halogens is 1. The lowest BCUT2D eigenvalue weighted by atomic mass is 10.2. The van der Waals surface area contributed by atoms with Gasteiger partial charge in [-0.05, 0) is 31.9 Å². The number of rotatable bonds is 5. The van der Waals surface area contributed by atoms with Crippen molar-refractivity contribution in [3.05, 3.63) is 30.1 Å². The molecule has 2 N–H and O–H groups in total. The molecule has 132 valence electrons. The van der Waals surface area contributed by atoms with E-state index in [9.17, 15) is 14.0 Å². The predicted molar refractivity (Wildman–Crippen MR) is 88.3 cm³/mol. The summed E-state index contributed by atoms with van der Waals surface area (Å²) in [5.74, 6) is -0.0832. The maximum Gasteiger partial charge on any atom is 0.318 e. The van der Waals surface area contributed by atoms with Gasteiger partial charge in [-0.25, -0.2) is 9.18 Å². The molecule has 1 aliphatic heterocycles. The Morgan fingerprint density at radius 1 is 1.54 bits per heavy atom. The zero-order valence-electron chi connectivity index (χ0n) is 14.0. The lowest BCUT2D eigenvalue weighted by Gasteiger charge is -2.27. The first-order chi connectivity index (χ1) is 11.5. The molecule has 2 rings (SSSR count). The largest absolute Gasteiger partial charge is 0.489 e. The molecule has 1 aromatic carbocycles. The summed E-state index contributed by atoms with van der Waals surface area (Å²) in [6.07, 6.45) is 1.11. The molecule has 1 aliphatic rings. The Balaban J connectivity index is 1.89. The van der Waals surface area contributed by atoms with Crippen LogP contribution in [0.1, 0.15) is 26.7 Å². The van der Waals surface area contributed by atoms with Crippen molar-refractivity contribution in [2.75, 3.05) is 19.6 Å². The van der Waals surface area contributed by atoms with Gasteiger partial charge in [0.1, 0.15) is 23.7 Å². The Kier molecular flexibility index (Phi) is 6.40. The molecule has 2 unspecified atom stereocenters. The fraction of sp³-hybridized carbons (Fsp3) is 0.529. The van der Waals surface area contributed by atoms with E-state index < -0.39 is 6.04 Å². The van der Waals surface area contributed by atoms with Gasteiger partial charge in [-0.15, -0.1) is 0 Å². The molecule has 1 aromatic rings. The second-order valence-corrected chi connectivity index (χ2v) is 5.81. The average Bonchev–Trinajstić information content (AvgIpc) is 2.73. The predicted octanol–water partition coefficient (Wildman–Crippen LogP) is 1.90. The Labute approximate surface area is 141 Å². The molecule has 2 atom stereocenters. The van der Waals surface area contributed by atoms with E-state index in [1.807, 2.05) is 6.92 Å². The van der Waals surface area contributed by atoms with Crippen molar-refractivity contribution in [1.29, 1.82) is 0 Å². The van der Waals surface area contributed by atoms with Gasteiger partial charge in [0.2, 0.25) is 5.91 Å². The zero-order chi connectivity index (χ0) is 17.5. The summed E-state index contributed by atoms with van der Waals surface area (Å²) in [5, 5.41) is 5.58. The van der Waals surface area contributed by atoms with Crippen LogP contribution in [0.15, 0.2) is 24.3 Å². The molecule has 1 saturated heterocycles. The van der Waals surface area contributed by atoms with E-state index in [0.29, 0.717) is 25.3 Å². The van der Waals surface area contributed by atoms with E-state index in [-0.39, 0.29) is 30.4 Å². The summed E-state index contributed by atoms with van der Waals surface area (Å²) in [5.41, 5.74) is 0. The average molecular weight is 337 g/mol. The molecule has 0 radical (unpaired) electrons. The Morgan fingerprint density at radius 3 is 3.04 bits per heavy atom. The third-order valence-corrected chi connectivity index (χ3v) is 4.02. The minimum absolute atomic E-state index is 0.147. The van der Waals surface area contributed by atoms with Gasteiger partial charge in [-0.3, -0.25) is 4.79 Å². The van der Waals surface area contributed by atoms with Crippen LogP contribution in [0.4, 0.5) is 9.18 Å². The minimum Gasteiger partial charge on any atom is -0.489 e. The molecule has 1 fully saturated rings. The monoisotopic (exact) mass is 337 g/mol. The van der Waals surface area contributed by atoms with Gasteiger partial charge in [0, 0.05) is 19.2 Å². The van der Waals surface area contributed by atoms with Crippen LogP contribution in [0.3, 0.4) is 0 Å². The highest BCUT2D eigenvalue weighted by Crippen LogP contribution is 2.15. The Bertz CT molecular complexity index is 582.